The molecule has 230 valence electrons. The van der Waals surface area contributed by atoms with Crippen LogP contribution in [0, 0.1) is 17.8 Å². The third-order valence-corrected chi connectivity index (χ3v) is 11.1. The van der Waals surface area contributed by atoms with Gasteiger partial charge in [-0.1, -0.05) is 68.1 Å². The molecule has 3 saturated heterocycles. The maximum Gasteiger partial charge on any atom is 0.338 e. The van der Waals surface area contributed by atoms with Crippen LogP contribution in [0.4, 0.5) is 0 Å². The van der Waals surface area contributed by atoms with E-state index in [1.54, 1.807) is 74.5 Å². The smallest absolute Gasteiger partial charge is 0.338 e. The fourth-order valence-electron chi connectivity index (χ4n) is 9.07. The highest BCUT2D eigenvalue weighted by atomic mass is 16.9. The normalized spacial score (nSPS) is 47.6. The van der Waals surface area contributed by atoms with Gasteiger partial charge in [0.05, 0.1) is 17.8 Å². The molecule has 3 bridgehead atoms. The predicted molar refractivity (Wildman–Crippen MR) is 152 cm³/mol. The van der Waals surface area contributed by atoms with E-state index in [0.29, 0.717) is 16.7 Å². The molecular weight excluding hydrogens is 568 g/mol. The number of aliphatic hydroxyl groups is 3. The lowest BCUT2D eigenvalue weighted by Gasteiger charge is -2.61. The molecule has 5 fully saturated rings. The Labute approximate surface area is 253 Å². The Hall–Kier alpha value is -3.22. The van der Waals surface area contributed by atoms with Crippen LogP contribution in [0.15, 0.2) is 84.5 Å². The van der Waals surface area contributed by atoms with Crippen LogP contribution in [0.3, 0.4) is 0 Å². The lowest BCUT2D eigenvalue weighted by atomic mass is 9.53. The van der Waals surface area contributed by atoms with Crippen LogP contribution in [0.2, 0.25) is 0 Å². The summed E-state index contributed by atoms with van der Waals surface area (Å²) in [5.41, 5.74) is -5.56. The minimum Gasteiger partial charge on any atom is -0.455 e. The van der Waals surface area contributed by atoms with Gasteiger partial charge in [-0.2, -0.15) is 0 Å². The van der Waals surface area contributed by atoms with E-state index in [4.69, 9.17) is 23.7 Å². The molecule has 2 saturated carbocycles. The summed E-state index contributed by atoms with van der Waals surface area (Å²) >= 11 is 0. The summed E-state index contributed by atoms with van der Waals surface area (Å²) in [6, 6.07) is 17.6. The highest BCUT2D eigenvalue weighted by Crippen LogP contribution is 2.74. The first-order valence-corrected chi connectivity index (χ1v) is 14.9. The van der Waals surface area contributed by atoms with Crippen molar-refractivity contribution < 1.29 is 48.6 Å². The number of carbonyl (C=O) groups excluding carboxylic acids is 2. The molecule has 3 aliphatic carbocycles. The van der Waals surface area contributed by atoms with Gasteiger partial charge in [-0.15, -0.1) is 0 Å². The third kappa shape index (κ3) is 3.00. The average molecular weight is 603 g/mol. The highest BCUT2D eigenvalue weighted by molar-refractivity contribution is 6.05. The Kier molecular flexibility index (Phi) is 5.61. The van der Waals surface area contributed by atoms with Crippen molar-refractivity contribution in [2.45, 2.75) is 73.6 Å². The maximum atomic E-state index is 13.8. The molecule has 2 aromatic rings. The molecule has 2 aromatic carbocycles. The quantitative estimate of drug-likeness (QED) is 0.265. The van der Waals surface area contributed by atoms with Crippen LogP contribution in [0.25, 0.3) is 0 Å². The zero-order chi connectivity index (χ0) is 31.0. The number of benzene rings is 2. The van der Waals surface area contributed by atoms with Gasteiger partial charge in [-0.05, 0) is 37.1 Å². The van der Waals surface area contributed by atoms with E-state index in [0.717, 1.165) is 0 Å². The van der Waals surface area contributed by atoms with Gasteiger partial charge in [-0.3, -0.25) is 4.79 Å². The number of hydrogen-bond acceptors (Lipinski definition) is 10. The Balaban J connectivity index is 1.41. The van der Waals surface area contributed by atoms with Crippen molar-refractivity contribution in [3.8, 4) is 0 Å². The molecule has 44 heavy (non-hydrogen) atoms. The molecule has 3 N–H and O–H groups in total. The molecule has 0 spiro atoms. The summed E-state index contributed by atoms with van der Waals surface area (Å²) in [6.45, 7) is 8.80. The monoisotopic (exact) mass is 602 g/mol. The summed E-state index contributed by atoms with van der Waals surface area (Å²) in [4.78, 5) is 27.5. The molecule has 3 aliphatic heterocycles. The average Bonchev–Trinajstić information content (AvgIpc) is 3.65. The van der Waals surface area contributed by atoms with E-state index in [1.165, 1.54) is 0 Å². The number of hydrogen-bond donors (Lipinski definition) is 3. The minimum absolute atomic E-state index is 0.232. The van der Waals surface area contributed by atoms with Gasteiger partial charge in [-0.25, -0.2) is 4.79 Å². The molecule has 0 aromatic heterocycles. The number of rotatable bonds is 5. The molecule has 12 atom stereocenters. The maximum absolute atomic E-state index is 13.8. The number of aliphatic hydroxyl groups excluding tert-OH is 2. The molecular formula is C34H34O10. The van der Waals surface area contributed by atoms with Crippen molar-refractivity contribution in [3.63, 3.8) is 0 Å². The Bertz CT molecular complexity index is 1620. The third-order valence-electron chi connectivity index (χ3n) is 11.1. The SMILES string of the molecule is C=C(C)[C@@]12O[C@@]3(c4ccccc4)O[C@@H]1[C@@H]1[C@@H]4O[C@]4(CO)[C@@H](O)[C@]4(O)C(=O)C(C)=C[C@@H]4[C@@]1(O3)[C@H](C)[C@H]2OC(=O)c1ccccc1. The molecule has 0 radical (unpaired) electrons. The van der Waals surface area contributed by atoms with Gasteiger partial charge in [0, 0.05) is 23.3 Å². The Morgan fingerprint density at radius 2 is 1.68 bits per heavy atom. The number of Topliss-reactive ketones (excluding diaryl/α,β-unsaturated/α-hetero) is 1. The van der Waals surface area contributed by atoms with E-state index in [2.05, 4.69) is 6.58 Å². The van der Waals surface area contributed by atoms with Crippen LogP contribution in [-0.4, -0.2) is 80.5 Å². The van der Waals surface area contributed by atoms with E-state index in [1.807, 2.05) is 13.0 Å². The summed E-state index contributed by atoms with van der Waals surface area (Å²) < 4.78 is 33.4. The van der Waals surface area contributed by atoms with E-state index < -0.39 is 88.9 Å². The molecule has 10 nitrogen and oxygen atoms in total. The van der Waals surface area contributed by atoms with Crippen LogP contribution in [0.5, 0.6) is 0 Å². The number of ketones is 1. The first-order valence-electron chi connectivity index (χ1n) is 14.9. The molecule has 8 rings (SSSR count). The number of epoxide rings is 1. The summed E-state index contributed by atoms with van der Waals surface area (Å²) in [7, 11) is 0. The van der Waals surface area contributed by atoms with Crippen LogP contribution >= 0.6 is 0 Å². The lowest BCUT2D eigenvalue weighted by molar-refractivity contribution is -0.440. The zero-order valence-corrected chi connectivity index (χ0v) is 24.5. The molecule has 0 unspecified atom stereocenters. The van der Waals surface area contributed by atoms with Gasteiger partial charge in [0.15, 0.2) is 17.0 Å². The fraction of sp³-hybridized carbons (Fsp3) is 0.471. The van der Waals surface area contributed by atoms with Crippen molar-refractivity contribution in [1.29, 1.82) is 0 Å². The van der Waals surface area contributed by atoms with Crippen molar-refractivity contribution in [1.82, 2.24) is 0 Å². The van der Waals surface area contributed by atoms with Gasteiger partial charge < -0.3 is 39.0 Å². The number of esters is 1. The van der Waals surface area contributed by atoms with Gasteiger partial charge in [0.25, 0.3) is 0 Å². The molecule has 0 amide bonds. The molecule has 6 aliphatic rings. The topological polar surface area (TPSA) is 144 Å². The second-order valence-corrected chi connectivity index (χ2v) is 13.1. The second kappa shape index (κ2) is 8.73. The van der Waals surface area contributed by atoms with Crippen LogP contribution < -0.4 is 0 Å². The first kappa shape index (κ1) is 28.3. The van der Waals surface area contributed by atoms with Crippen molar-refractivity contribution in [2.24, 2.45) is 17.8 Å². The molecule has 3 heterocycles. The van der Waals surface area contributed by atoms with Gasteiger partial charge >= 0.3 is 11.9 Å². The first-order chi connectivity index (χ1) is 20.9. The van der Waals surface area contributed by atoms with Gasteiger partial charge in [0.2, 0.25) is 0 Å². The molecule has 10 heteroatoms. The largest absolute Gasteiger partial charge is 0.455 e. The van der Waals surface area contributed by atoms with E-state index in [-0.39, 0.29) is 5.57 Å². The van der Waals surface area contributed by atoms with Crippen LogP contribution in [-0.2, 0) is 34.5 Å². The number of ether oxygens (including phenoxy) is 5. The van der Waals surface area contributed by atoms with Gasteiger partial charge in [0.1, 0.15) is 30.0 Å². The standard InChI is InChI=1S/C34H34O10/c1-17(2)32-25(40-28(37)20-11-7-5-8-12-20)19(4)33-22-15-18(3)24(36)31(22,39)29(38)30(16-35)26(41-30)23(33)27(32)42-34(43-32,44-33)21-13-9-6-10-14-21/h5-15,19,22-23,25-27,29,35,38-39H,1,16H2,2-4H3/t19-,22+,23+,25-,26+,27-,29-,30+,31-,32+,33+,34-/m1/s1. The highest BCUT2D eigenvalue weighted by Gasteiger charge is 2.90. The van der Waals surface area contributed by atoms with Crippen molar-refractivity contribution in [2.75, 3.05) is 6.61 Å². The summed E-state index contributed by atoms with van der Waals surface area (Å²) in [5.74, 6) is -5.87. The zero-order valence-electron chi connectivity index (χ0n) is 24.5. The lowest BCUT2D eigenvalue weighted by Crippen LogP contribution is -2.76. The second-order valence-electron chi connectivity index (χ2n) is 13.1. The fourth-order valence-corrected chi connectivity index (χ4v) is 9.07. The van der Waals surface area contributed by atoms with Crippen LogP contribution in [0.1, 0.15) is 36.7 Å². The Morgan fingerprint density at radius 3 is 2.32 bits per heavy atom. The minimum atomic E-state index is -2.42. The van der Waals surface area contributed by atoms with E-state index >= 15 is 0 Å². The summed E-state index contributed by atoms with van der Waals surface area (Å²) in [6.07, 6.45) is -3.09. The van der Waals surface area contributed by atoms with Crippen molar-refractivity contribution >= 4 is 11.8 Å². The number of fused-ring (bicyclic) bond motifs is 3. The van der Waals surface area contributed by atoms with E-state index in [9.17, 15) is 24.9 Å². The van der Waals surface area contributed by atoms with Crippen molar-refractivity contribution in [3.05, 3.63) is 95.6 Å². The Morgan fingerprint density at radius 1 is 1.02 bits per heavy atom. The number of carbonyl (C=O) groups is 2. The predicted octanol–water partition coefficient (Wildman–Crippen LogP) is 2.17. The summed E-state index contributed by atoms with van der Waals surface area (Å²) in [5, 5.41) is 34.8.